The van der Waals surface area contributed by atoms with Crippen molar-refractivity contribution in [2.24, 2.45) is 11.8 Å². The fraction of sp³-hybridized carbons (Fsp3) is 0.846. The van der Waals surface area contributed by atoms with Gasteiger partial charge in [-0.25, -0.2) is 0 Å². The van der Waals surface area contributed by atoms with Gasteiger partial charge in [0.1, 0.15) is 0 Å². The van der Waals surface area contributed by atoms with Crippen LogP contribution in [-0.2, 0) is 4.74 Å². The average molecular weight is 703 g/mol. The molecular weight excluding hydrogens is 670 g/mol. The van der Waals surface area contributed by atoms with Gasteiger partial charge in [-0.15, -0.1) is 13.2 Å². The molecule has 0 fully saturated rings. The topological polar surface area (TPSA) is 9.23 Å². The molecule has 268 valence electrons. The fourth-order valence-electron chi connectivity index (χ4n) is 4.23. The first-order chi connectivity index (χ1) is 20.1. The number of allylic oxidation sites excluding steroid dienone is 2. The zero-order valence-electron chi connectivity index (χ0n) is 23.4. The summed E-state index contributed by atoms with van der Waals surface area (Å²) < 4.78 is 244. The molecule has 0 saturated carbocycles. The molecule has 0 spiro atoms. The van der Waals surface area contributed by atoms with Crippen molar-refractivity contribution in [2.75, 3.05) is 13.2 Å². The molecule has 1 nitrogen and oxygen atoms in total. The van der Waals surface area contributed by atoms with Crippen LogP contribution in [0.1, 0.15) is 64.2 Å². The summed E-state index contributed by atoms with van der Waals surface area (Å²) in [6, 6.07) is 0. The Morgan fingerprint density at radius 2 is 0.711 bits per heavy atom. The Morgan fingerprint density at radius 3 is 0.956 bits per heavy atom. The predicted molar refractivity (Wildman–Crippen MR) is 126 cm³/mol. The number of hydrogen-bond donors (Lipinski definition) is 0. The Bertz CT molecular complexity index is 835. The van der Waals surface area contributed by atoms with Gasteiger partial charge in [-0.05, 0) is 38.5 Å². The van der Waals surface area contributed by atoms with E-state index in [0.717, 1.165) is 0 Å². The summed E-state index contributed by atoms with van der Waals surface area (Å²) in [5.41, 5.74) is 0. The predicted octanol–water partition coefficient (Wildman–Crippen LogP) is 11.4. The number of rotatable bonds is 22. The molecular formula is C26H32F18O. The number of hydrogen-bond acceptors (Lipinski definition) is 1. The Labute approximate surface area is 247 Å². The van der Waals surface area contributed by atoms with Crippen LogP contribution in [0, 0.1) is 11.8 Å². The molecule has 0 amide bonds. The minimum Gasteiger partial charge on any atom is -0.381 e. The summed E-state index contributed by atoms with van der Waals surface area (Å²) in [6.45, 7) is 5.80. The standard InChI is InChI=1S/C26H32F18O/c1-3-11-17(19(27,28)21(31,32)23(35,36)25(39,40)41)13-7-5-9-15-45-16-10-6-8-14-18(12-4-2)20(29,30)22(33,34)24(37,38)26(42,43)44/h3-4,17-18H,1-2,5-16H2. The van der Waals surface area contributed by atoms with Gasteiger partial charge in [-0.3, -0.25) is 0 Å². The molecule has 2 atom stereocenters. The van der Waals surface area contributed by atoms with Gasteiger partial charge in [0.15, 0.2) is 0 Å². The monoisotopic (exact) mass is 702 g/mol. The molecule has 0 aliphatic carbocycles. The lowest BCUT2D eigenvalue weighted by Crippen LogP contribution is -2.63. The van der Waals surface area contributed by atoms with Crippen LogP contribution < -0.4 is 0 Å². The lowest BCUT2D eigenvalue weighted by Gasteiger charge is -2.37. The third-order valence-corrected chi connectivity index (χ3v) is 6.95. The first-order valence-electron chi connectivity index (χ1n) is 13.3. The van der Waals surface area contributed by atoms with Crippen LogP contribution in [0.4, 0.5) is 79.0 Å². The molecule has 19 heteroatoms. The molecule has 0 aromatic rings. The van der Waals surface area contributed by atoms with Crippen LogP contribution in [0.3, 0.4) is 0 Å². The summed E-state index contributed by atoms with van der Waals surface area (Å²) in [4.78, 5) is 0. The minimum absolute atomic E-state index is 0.0277. The average Bonchev–Trinajstić information content (AvgIpc) is 2.88. The maximum absolute atomic E-state index is 14.2. The van der Waals surface area contributed by atoms with E-state index in [1.807, 2.05) is 0 Å². The lowest BCUT2D eigenvalue weighted by molar-refractivity contribution is -0.403. The van der Waals surface area contributed by atoms with E-state index in [2.05, 4.69) is 13.2 Å². The fourth-order valence-corrected chi connectivity index (χ4v) is 4.23. The third-order valence-electron chi connectivity index (χ3n) is 6.95. The highest BCUT2D eigenvalue weighted by Gasteiger charge is 2.83. The molecule has 0 aromatic heterocycles. The van der Waals surface area contributed by atoms with Gasteiger partial charge in [0, 0.05) is 25.0 Å². The molecule has 0 N–H and O–H groups in total. The molecule has 0 aromatic carbocycles. The van der Waals surface area contributed by atoms with E-state index in [1.165, 1.54) is 0 Å². The van der Waals surface area contributed by atoms with Crippen LogP contribution in [-0.4, -0.2) is 61.1 Å². The third kappa shape index (κ3) is 9.61. The number of unbranched alkanes of at least 4 members (excludes halogenated alkanes) is 4. The highest BCUT2D eigenvalue weighted by molar-refractivity contribution is 5.05. The molecule has 2 unspecified atom stereocenters. The van der Waals surface area contributed by atoms with Crippen molar-refractivity contribution in [1.82, 2.24) is 0 Å². The molecule has 45 heavy (non-hydrogen) atoms. The van der Waals surface area contributed by atoms with Crippen molar-refractivity contribution in [1.29, 1.82) is 0 Å². The quantitative estimate of drug-likeness (QED) is 0.0620. The van der Waals surface area contributed by atoms with Crippen molar-refractivity contribution in [3.8, 4) is 0 Å². The highest BCUT2D eigenvalue weighted by atomic mass is 19.4. The zero-order chi connectivity index (χ0) is 35.8. The van der Waals surface area contributed by atoms with E-state index in [-0.39, 0.29) is 51.7 Å². The van der Waals surface area contributed by atoms with Crippen molar-refractivity contribution in [2.45, 2.75) is 112 Å². The normalized spacial score (nSPS) is 16.0. The molecule has 0 bridgehead atoms. The summed E-state index contributed by atoms with van der Waals surface area (Å²) >= 11 is 0. The van der Waals surface area contributed by atoms with Gasteiger partial charge in [0.05, 0.1) is 0 Å². The summed E-state index contributed by atoms with van der Waals surface area (Å²) in [5, 5.41) is 0. The summed E-state index contributed by atoms with van der Waals surface area (Å²) in [5.74, 6) is -44.3. The van der Waals surface area contributed by atoms with Crippen LogP contribution in [0.5, 0.6) is 0 Å². The molecule has 0 rings (SSSR count). The highest BCUT2D eigenvalue weighted by Crippen LogP contribution is 2.57. The molecule has 0 heterocycles. The largest absolute Gasteiger partial charge is 0.460 e. The summed E-state index contributed by atoms with van der Waals surface area (Å²) in [6.07, 6.45) is -16.9. The lowest BCUT2D eigenvalue weighted by atomic mass is 9.85. The van der Waals surface area contributed by atoms with Gasteiger partial charge in [-0.1, -0.05) is 37.8 Å². The van der Waals surface area contributed by atoms with Gasteiger partial charge < -0.3 is 4.74 Å². The number of halogens is 18. The van der Waals surface area contributed by atoms with E-state index in [9.17, 15) is 79.0 Å². The van der Waals surface area contributed by atoms with E-state index in [0.29, 0.717) is 12.2 Å². The van der Waals surface area contributed by atoms with Crippen molar-refractivity contribution < 1.29 is 83.8 Å². The Hall–Kier alpha value is -1.82. The van der Waals surface area contributed by atoms with E-state index >= 15 is 0 Å². The number of alkyl halides is 18. The molecule has 0 aliphatic rings. The first kappa shape index (κ1) is 43.2. The Balaban J connectivity index is 4.77. The second-order valence-electron chi connectivity index (χ2n) is 10.3. The van der Waals surface area contributed by atoms with Crippen molar-refractivity contribution in [3.63, 3.8) is 0 Å². The van der Waals surface area contributed by atoms with Crippen LogP contribution >= 0.6 is 0 Å². The van der Waals surface area contributed by atoms with Gasteiger partial charge in [-0.2, -0.15) is 79.0 Å². The first-order valence-corrected chi connectivity index (χ1v) is 13.3. The smallest absolute Gasteiger partial charge is 0.381 e. The van der Waals surface area contributed by atoms with Gasteiger partial charge in [0.25, 0.3) is 0 Å². The Kier molecular flexibility index (Phi) is 15.2. The molecule has 0 aliphatic heterocycles. The van der Waals surface area contributed by atoms with Crippen LogP contribution in [0.25, 0.3) is 0 Å². The Morgan fingerprint density at radius 1 is 0.422 bits per heavy atom. The van der Waals surface area contributed by atoms with Crippen molar-refractivity contribution >= 4 is 0 Å². The minimum atomic E-state index is -7.02. The van der Waals surface area contributed by atoms with E-state index < -0.39 is 85.4 Å². The summed E-state index contributed by atoms with van der Waals surface area (Å²) in [7, 11) is 0. The zero-order valence-corrected chi connectivity index (χ0v) is 23.4. The second kappa shape index (κ2) is 15.8. The molecule has 0 saturated heterocycles. The van der Waals surface area contributed by atoms with Gasteiger partial charge >= 0.3 is 47.9 Å². The van der Waals surface area contributed by atoms with Crippen LogP contribution in [0.2, 0.25) is 0 Å². The van der Waals surface area contributed by atoms with E-state index in [4.69, 9.17) is 4.74 Å². The van der Waals surface area contributed by atoms with Gasteiger partial charge in [0.2, 0.25) is 0 Å². The van der Waals surface area contributed by atoms with Crippen molar-refractivity contribution in [3.05, 3.63) is 25.3 Å². The number of ether oxygens (including phenoxy) is 1. The van der Waals surface area contributed by atoms with Crippen LogP contribution in [0.15, 0.2) is 25.3 Å². The maximum Gasteiger partial charge on any atom is 0.460 e. The maximum atomic E-state index is 14.2. The van der Waals surface area contributed by atoms with E-state index in [1.54, 1.807) is 0 Å². The second-order valence-corrected chi connectivity index (χ2v) is 10.3. The SMILES string of the molecule is C=CCC(CCCCCOCCCCCC(CC=C)C(F)(F)C(F)(F)C(F)(F)C(F)(F)F)C(F)(F)C(F)(F)C(F)(F)C(F)(F)F. The molecule has 0 radical (unpaired) electrons.